The number of aryl methyl sites for hydroxylation is 1. The Labute approximate surface area is 98.1 Å². The van der Waals surface area contributed by atoms with Crippen LogP contribution in [0.3, 0.4) is 0 Å². The summed E-state index contributed by atoms with van der Waals surface area (Å²) in [5, 5.41) is 22.6. The number of hydrogen-bond donors (Lipinski definition) is 2. The van der Waals surface area contributed by atoms with Crippen molar-refractivity contribution in [3.05, 3.63) is 45.3 Å². The fourth-order valence-corrected chi connectivity index (χ4v) is 1.49. The molecular formula is C11H13N3O3. The van der Waals surface area contributed by atoms with Gasteiger partial charge in [-0.2, -0.15) is 0 Å². The topological polar surface area (TPSA) is 106 Å². The third-order valence-corrected chi connectivity index (χ3v) is 2.38. The van der Waals surface area contributed by atoms with E-state index in [1.807, 2.05) is 6.92 Å². The summed E-state index contributed by atoms with van der Waals surface area (Å²) >= 11 is 0. The molecule has 0 amide bonds. The summed E-state index contributed by atoms with van der Waals surface area (Å²) in [6.07, 6.45) is -1.86. The molecule has 0 fully saturated rings. The summed E-state index contributed by atoms with van der Waals surface area (Å²) in [6, 6.07) is 4.92. The van der Waals surface area contributed by atoms with Crippen molar-refractivity contribution in [1.29, 1.82) is 0 Å². The number of benzene rings is 1. The number of aliphatic hydroxyl groups is 2. The molecule has 6 heteroatoms. The van der Waals surface area contributed by atoms with E-state index in [0.29, 0.717) is 17.4 Å². The van der Waals surface area contributed by atoms with Gasteiger partial charge in [0.2, 0.25) is 0 Å². The second-order valence-electron chi connectivity index (χ2n) is 3.68. The van der Waals surface area contributed by atoms with Crippen LogP contribution in [0.1, 0.15) is 27.6 Å². The lowest BCUT2D eigenvalue weighted by Crippen LogP contribution is -2.22. The molecule has 2 unspecified atom stereocenters. The van der Waals surface area contributed by atoms with Crippen LogP contribution in [-0.2, 0) is 0 Å². The van der Waals surface area contributed by atoms with Gasteiger partial charge in [0.1, 0.15) is 12.4 Å². The van der Waals surface area contributed by atoms with E-state index in [4.69, 9.17) is 5.53 Å². The van der Waals surface area contributed by atoms with E-state index in [-0.39, 0.29) is 6.54 Å². The van der Waals surface area contributed by atoms with Crippen molar-refractivity contribution < 1.29 is 15.0 Å². The number of rotatable bonds is 5. The molecule has 0 aromatic heterocycles. The average molecular weight is 235 g/mol. The minimum atomic E-state index is -1.25. The van der Waals surface area contributed by atoms with Crippen LogP contribution in [0.4, 0.5) is 0 Å². The molecule has 0 spiro atoms. The minimum Gasteiger partial charge on any atom is -0.390 e. The first-order valence-electron chi connectivity index (χ1n) is 5.03. The zero-order valence-corrected chi connectivity index (χ0v) is 9.32. The summed E-state index contributed by atoms with van der Waals surface area (Å²) in [5.74, 6) is 0. The normalized spacial score (nSPS) is 13.6. The number of aliphatic hydroxyl groups excluding tert-OH is 2. The molecule has 0 saturated carbocycles. The lowest BCUT2D eigenvalue weighted by molar-refractivity contribution is 0.0240. The van der Waals surface area contributed by atoms with Gasteiger partial charge >= 0.3 is 0 Å². The van der Waals surface area contributed by atoms with Crippen molar-refractivity contribution in [2.24, 2.45) is 5.11 Å². The lowest BCUT2D eigenvalue weighted by atomic mass is 9.97. The number of hydrogen-bond acceptors (Lipinski definition) is 4. The van der Waals surface area contributed by atoms with Crippen LogP contribution in [0.25, 0.3) is 10.4 Å². The molecule has 0 bridgehead atoms. The highest BCUT2D eigenvalue weighted by molar-refractivity contribution is 5.78. The summed E-state index contributed by atoms with van der Waals surface area (Å²) in [5.41, 5.74) is 9.64. The number of nitrogens with zero attached hydrogens (tertiary/aromatic N) is 3. The first kappa shape index (κ1) is 13.2. The van der Waals surface area contributed by atoms with E-state index < -0.39 is 12.2 Å². The van der Waals surface area contributed by atoms with Crippen LogP contribution in [0, 0.1) is 6.92 Å². The number of aldehydes is 1. The van der Waals surface area contributed by atoms with Crippen molar-refractivity contribution >= 4 is 6.29 Å². The Bertz CT molecular complexity index is 455. The van der Waals surface area contributed by atoms with Crippen LogP contribution < -0.4 is 0 Å². The Morgan fingerprint density at radius 1 is 1.53 bits per heavy atom. The van der Waals surface area contributed by atoms with E-state index in [0.717, 1.165) is 5.56 Å². The Morgan fingerprint density at radius 2 is 2.24 bits per heavy atom. The number of carbonyl (C=O) groups excluding carboxylic acids is 1. The molecular weight excluding hydrogens is 222 g/mol. The molecule has 6 nitrogen and oxygen atoms in total. The predicted octanol–water partition coefficient (Wildman–Crippen LogP) is 1.51. The van der Waals surface area contributed by atoms with Crippen LogP contribution in [0.15, 0.2) is 23.3 Å². The Morgan fingerprint density at radius 3 is 2.82 bits per heavy atom. The third-order valence-electron chi connectivity index (χ3n) is 2.38. The van der Waals surface area contributed by atoms with Crippen LogP contribution >= 0.6 is 0 Å². The standard InChI is InChI=1S/C11H13N3O3/c1-7-2-3-9(8(4-7)6-15)11(17)10(16)5-13-14-12/h2-4,6,10-11,16-17H,5H2,1H3. The highest BCUT2D eigenvalue weighted by Gasteiger charge is 2.20. The second-order valence-corrected chi connectivity index (χ2v) is 3.68. The van der Waals surface area contributed by atoms with Gasteiger partial charge in [0.15, 0.2) is 0 Å². The van der Waals surface area contributed by atoms with Gasteiger partial charge in [0, 0.05) is 10.5 Å². The largest absolute Gasteiger partial charge is 0.390 e. The molecule has 0 aliphatic carbocycles. The van der Waals surface area contributed by atoms with Crippen molar-refractivity contribution in [2.45, 2.75) is 19.1 Å². The quantitative estimate of drug-likeness (QED) is 0.349. The summed E-state index contributed by atoms with van der Waals surface area (Å²) in [4.78, 5) is 13.3. The highest BCUT2D eigenvalue weighted by atomic mass is 16.3. The second kappa shape index (κ2) is 6.00. The van der Waals surface area contributed by atoms with Gasteiger partial charge in [-0.25, -0.2) is 0 Å². The van der Waals surface area contributed by atoms with E-state index in [2.05, 4.69) is 10.0 Å². The first-order chi connectivity index (χ1) is 8.10. The van der Waals surface area contributed by atoms with E-state index in [1.165, 1.54) is 0 Å². The zero-order valence-electron chi connectivity index (χ0n) is 9.32. The summed E-state index contributed by atoms with van der Waals surface area (Å²) in [7, 11) is 0. The van der Waals surface area contributed by atoms with Crippen molar-refractivity contribution in [3.8, 4) is 0 Å². The molecule has 0 saturated heterocycles. The Balaban J connectivity index is 2.98. The minimum absolute atomic E-state index is 0.246. The molecule has 0 heterocycles. The monoisotopic (exact) mass is 235 g/mol. The number of azide groups is 1. The van der Waals surface area contributed by atoms with Crippen LogP contribution in [0.2, 0.25) is 0 Å². The van der Waals surface area contributed by atoms with Gasteiger partial charge < -0.3 is 10.2 Å². The molecule has 1 aromatic rings. The molecule has 2 N–H and O–H groups in total. The fourth-order valence-electron chi connectivity index (χ4n) is 1.49. The molecule has 0 radical (unpaired) electrons. The average Bonchev–Trinajstić information content (AvgIpc) is 2.34. The first-order valence-corrected chi connectivity index (χ1v) is 5.03. The fraction of sp³-hybridized carbons (Fsp3) is 0.364. The molecule has 0 aliphatic heterocycles. The maximum atomic E-state index is 10.8. The van der Waals surface area contributed by atoms with Crippen molar-refractivity contribution in [2.75, 3.05) is 6.54 Å². The van der Waals surface area contributed by atoms with Crippen molar-refractivity contribution in [1.82, 2.24) is 0 Å². The smallest absolute Gasteiger partial charge is 0.150 e. The number of carbonyl (C=O) groups is 1. The Hall–Kier alpha value is -1.88. The van der Waals surface area contributed by atoms with Crippen LogP contribution in [0.5, 0.6) is 0 Å². The van der Waals surface area contributed by atoms with Crippen molar-refractivity contribution in [3.63, 3.8) is 0 Å². The zero-order chi connectivity index (χ0) is 12.8. The lowest BCUT2D eigenvalue weighted by Gasteiger charge is -2.18. The molecule has 2 atom stereocenters. The molecule has 1 aromatic carbocycles. The van der Waals surface area contributed by atoms with Gasteiger partial charge in [-0.3, -0.25) is 4.79 Å². The van der Waals surface area contributed by atoms with Gasteiger partial charge in [-0.05, 0) is 24.1 Å². The molecule has 0 aliphatic rings. The maximum Gasteiger partial charge on any atom is 0.150 e. The Kier molecular flexibility index (Phi) is 4.66. The van der Waals surface area contributed by atoms with E-state index in [1.54, 1.807) is 18.2 Å². The third kappa shape index (κ3) is 3.29. The predicted molar refractivity (Wildman–Crippen MR) is 61.5 cm³/mol. The van der Waals surface area contributed by atoms with Gasteiger partial charge in [-0.15, -0.1) is 0 Å². The van der Waals surface area contributed by atoms with Gasteiger partial charge in [0.25, 0.3) is 0 Å². The summed E-state index contributed by atoms with van der Waals surface area (Å²) in [6.45, 7) is 1.57. The molecule has 17 heavy (non-hydrogen) atoms. The molecule has 90 valence electrons. The summed E-state index contributed by atoms with van der Waals surface area (Å²) < 4.78 is 0. The maximum absolute atomic E-state index is 10.8. The SMILES string of the molecule is Cc1ccc(C(O)C(O)CN=[N+]=[N-])c(C=O)c1. The molecule has 1 rings (SSSR count). The van der Waals surface area contributed by atoms with Crippen LogP contribution in [-0.4, -0.2) is 29.1 Å². The van der Waals surface area contributed by atoms with E-state index >= 15 is 0 Å². The van der Waals surface area contributed by atoms with Gasteiger partial charge in [-0.1, -0.05) is 22.8 Å². The van der Waals surface area contributed by atoms with E-state index in [9.17, 15) is 15.0 Å². The van der Waals surface area contributed by atoms with Gasteiger partial charge in [0.05, 0.1) is 12.6 Å². The highest BCUT2D eigenvalue weighted by Crippen LogP contribution is 2.21.